The number of methoxy groups -OCH3 is 2. The van der Waals surface area contributed by atoms with Crippen LogP contribution in [0.2, 0.25) is 0 Å². The van der Waals surface area contributed by atoms with E-state index in [0.717, 1.165) is 36.2 Å². The van der Waals surface area contributed by atoms with E-state index in [1.807, 2.05) is 35.4 Å². The molecule has 4 aromatic rings. The van der Waals surface area contributed by atoms with Crippen molar-refractivity contribution in [3.8, 4) is 23.0 Å². The Labute approximate surface area is 316 Å². The van der Waals surface area contributed by atoms with Crippen LogP contribution in [0.3, 0.4) is 0 Å². The van der Waals surface area contributed by atoms with E-state index in [9.17, 15) is 19.5 Å². The van der Waals surface area contributed by atoms with Crippen molar-refractivity contribution < 1.29 is 38.4 Å². The molecule has 12 nitrogen and oxygen atoms in total. The number of amides is 2. The molecule has 55 heavy (non-hydrogen) atoms. The van der Waals surface area contributed by atoms with Crippen molar-refractivity contribution in [1.82, 2.24) is 4.90 Å². The van der Waals surface area contributed by atoms with E-state index in [0.29, 0.717) is 63.0 Å². The minimum absolute atomic E-state index is 0.00194. The van der Waals surface area contributed by atoms with Crippen LogP contribution >= 0.6 is 0 Å². The van der Waals surface area contributed by atoms with E-state index in [-0.39, 0.29) is 42.7 Å². The quantitative estimate of drug-likeness (QED) is 0.188. The Hall–Kier alpha value is -6.69. The van der Waals surface area contributed by atoms with Crippen molar-refractivity contribution in [3.05, 3.63) is 124 Å². The summed E-state index contributed by atoms with van der Waals surface area (Å²) in [6.45, 7) is -0.00824. The number of rotatable bonds is 9. The summed E-state index contributed by atoms with van der Waals surface area (Å²) in [7, 11) is 3.00. The van der Waals surface area contributed by atoms with Crippen LogP contribution in [0.15, 0.2) is 100 Å². The van der Waals surface area contributed by atoms with Crippen molar-refractivity contribution in [3.63, 3.8) is 0 Å². The van der Waals surface area contributed by atoms with Gasteiger partial charge in [0.2, 0.25) is 0 Å². The van der Waals surface area contributed by atoms with Gasteiger partial charge in [0.15, 0.2) is 23.0 Å². The van der Waals surface area contributed by atoms with Gasteiger partial charge in [-0.2, -0.15) is 0 Å². The zero-order valence-electron chi connectivity index (χ0n) is 30.2. The number of benzene rings is 4. The summed E-state index contributed by atoms with van der Waals surface area (Å²) in [5.41, 5.74) is 7.13. The lowest BCUT2D eigenvalue weighted by atomic mass is 10.0. The number of nitrogens with zero attached hydrogens (tertiary/aromatic N) is 4. The lowest BCUT2D eigenvalue weighted by Gasteiger charge is -2.25. The Morgan fingerprint density at radius 3 is 1.98 bits per heavy atom. The van der Waals surface area contributed by atoms with E-state index in [1.54, 1.807) is 41.4 Å². The van der Waals surface area contributed by atoms with Crippen LogP contribution in [0.1, 0.15) is 67.0 Å². The molecule has 1 aliphatic carbocycles. The van der Waals surface area contributed by atoms with Gasteiger partial charge >= 0.3 is 5.97 Å². The number of aromatic carboxylic acids is 1. The van der Waals surface area contributed by atoms with Crippen LogP contribution in [-0.4, -0.2) is 66.5 Å². The molecule has 0 radical (unpaired) electrons. The minimum Gasteiger partial charge on any atom is -0.493 e. The zero-order valence-corrected chi connectivity index (χ0v) is 30.2. The summed E-state index contributed by atoms with van der Waals surface area (Å²) >= 11 is 0. The van der Waals surface area contributed by atoms with Crippen molar-refractivity contribution in [2.24, 2.45) is 9.98 Å². The predicted octanol–water partition coefficient (Wildman–Crippen LogP) is 7.38. The average molecular weight is 737 g/mol. The maximum Gasteiger partial charge on any atom is 0.335 e. The number of para-hydroxylation sites is 1. The van der Waals surface area contributed by atoms with Gasteiger partial charge in [-0.15, -0.1) is 0 Å². The number of carboxylic acids is 1. The van der Waals surface area contributed by atoms with Crippen LogP contribution in [0.4, 0.5) is 17.1 Å². The molecule has 0 bridgehead atoms. The number of fused-ring (bicyclic) bond motifs is 7. The zero-order chi connectivity index (χ0) is 37.8. The van der Waals surface area contributed by atoms with Crippen molar-refractivity contribution in [1.29, 1.82) is 0 Å². The van der Waals surface area contributed by atoms with E-state index in [2.05, 4.69) is 17.1 Å². The van der Waals surface area contributed by atoms with Crippen molar-refractivity contribution >= 4 is 47.3 Å². The molecule has 0 spiro atoms. The average Bonchev–Trinajstić information content (AvgIpc) is 3.70. The fraction of sp³-hybridized carbons (Fsp3) is 0.233. The summed E-state index contributed by atoms with van der Waals surface area (Å²) < 4.78 is 23.7. The highest BCUT2D eigenvalue weighted by molar-refractivity contribution is 6.14. The van der Waals surface area contributed by atoms with Crippen molar-refractivity contribution in [2.45, 2.75) is 51.0 Å². The lowest BCUT2D eigenvalue weighted by Crippen LogP contribution is -2.37. The van der Waals surface area contributed by atoms with Gasteiger partial charge < -0.3 is 29.0 Å². The first-order chi connectivity index (χ1) is 26.8. The second-order valence-corrected chi connectivity index (χ2v) is 14.0. The number of aliphatic imine (C=N–C) groups is 2. The molecule has 0 saturated heterocycles. The van der Waals surface area contributed by atoms with E-state index in [4.69, 9.17) is 23.9 Å². The molecule has 0 unspecified atom stereocenters. The number of anilines is 1. The summed E-state index contributed by atoms with van der Waals surface area (Å²) in [5, 5.41) is 9.97. The molecule has 4 heterocycles. The second kappa shape index (κ2) is 13.6. The fourth-order valence-electron chi connectivity index (χ4n) is 8.03. The number of carbonyl (C=O) groups is 3. The fourth-order valence-corrected chi connectivity index (χ4v) is 8.03. The van der Waals surface area contributed by atoms with E-state index >= 15 is 0 Å². The number of ether oxygens (including phenoxy) is 4. The molecule has 0 aromatic heterocycles. The minimum atomic E-state index is -1.11. The number of hydrogen-bond donors (Lipinski definition) is 1. The Morgan fingerprint density at radius 2 is 1.36 bits per heavy atom. The molecule has 12 heteroatoms. The molecule has 2 amide bonds. The van der Waals surface area contributed by atoms with Gasteiger partial charge in [0.1, 0.15) is 13.2 Å². The third-order valence-electron chi connectivity index (χ3n) is 10.6. The van der Waals surface area contributed by atoms with Crippen LogP contribution in [-0.2, 0) is 19.6 Å². The normalized spacial score (nSPS) is 18.8. The number of carboxylic acid groups (broad SMARTS) is 1. The standard InChI is InChI=1S/C43H36N4O8/c1-52-37-16-31-33(44-20-29-14-26-7-3-5-9-35(26)46(29)41(31)48)18-39(37)54-22-24-11-25(13-28(12-24)43(50)51)23-55-40-19-34-32(17-38(40)53-2)42(49)47-30(21-45-34)15-27-8-4-6-10-36(27)47/h3-5,7-9,11-13,16-21,29-30H,6,10,14-15,22-23H2,1-2H3,(H,50,51)/t29-,30-/m0/s1. The van der Waals surface area contributed by atoms with Gasteiger partial charge in [-0.3, -0.25) is 24.5 Å². The highest BCUT2D eigenvalue weighted by Crippen LogP contribution is 2.43. The number of allylic oxidation sites excluding steroid dienone is 3. The Morgan fingerprint density at radius 1 is 0.764 bits per heavy atom. The van der Waals surface area contributed by atoms with Crippen LogP contribution in [0.25, 0.3) is 0 Å². The molecule has 0 fully saturated rings. The maximum absolute atomic E-state index is 13.8. The third-order valence-corrected chi connectivity index (χ3v) is 10.6. The molecule has 0 saturated carbocycles. The first kappa shape index (κ1) is 34.1. The smallest absolute Gasteiger partial charge is 0.335 e. The molecule has 2 atom stereocenters. The summed E-state index contributed by atoms with van der Waals surface area (Å²) in [6, 6.07) is 19.0. The first-order valence-electron chi connectivity index (χ1n) is 18.1. The summed E-state index contributed by atoms with van der Waals surface area (Å²) in [4.78, 5) is 52.9. The van der Waals surface area contributed by atoms with Gasteiger partial charge in [-0.05, 0) is 71.5 Å². The molecule has 4 aliphatic heterocycles. The van der Waals surface area contributed by atoms with Gasteiger partial charge in [0.25, 0.3) is 11.8 Å². The van der Waals surface area contributed by atoms with Gasteiger partial charge in [-0.25, -0.2) is 4.79 Å². The highest BCUT2D eigenvalue weighted by Gasteiger charge is 2.39. The molecule has 5 aliphatic rings. The summed E-state index contributed by atoms with van der Waals surface area (Å²) in [5.74, 6) is 0.00307. The van der Waals surface area contributed by atoms with Gasteiger partial charge in [-0.1, -0.05) is 30.4 Å². The predicted molar refractivity (Wildman–Crippen MR) is 205 cm³/mol. The van der Waals surface area contributed by atoms with Crippen molar-refractivity contribution in [2.75, 3.05) is 19.1 Å². The Balaban J connectivity index is 0.948. The van der Waals surface area contributed by atoms with Gasteiger partial charge in [0.05, 0.1) is 54.4 Å². The third kappa shape index (κ3) is 5.99. The largest absolute Gasteiger partial charge is 0.493 e. The SMILES string of the molecule is COc1cc2c(cc1OCc1cc(COc3cc4c(cc3OC)C(=O)N3c5ccccc5C[C@H]3C=N4)cc(C(=O)O)c1)N=C[C@@H]1CC3=C(CCC=C3)N1C2=O. The first-order valence-corrected chi connectivity index (χ1v) is 18.1. The molecule has 9 rings (SSSR count). The topological polar surface area (TPSA) is 140 Å². The highest BCUT2D eigenvalue weighted by atomic mass is 16.5. The molecule has 1 N–H and O–H groups in total. The van der Waals surface area contributed by atoms with Crippen LogP contribution in [0, 0.1) is 0 Å². The number of hydrogen-bond acceptors (Lipinski definition) is 9. The molecule has 4 aromatic carbocycles. The molecular weight excluding hydrogens is 700 g/mol. The van der Waals surface area contributed by atoms with Gasteiger partial charge in [0, 0.05) is 48.8 Å². The van der Waals surface area contributed by atoms with Crippen LogP contribution in [0.5, 0.6) is 23.0 Å². The number of carbonyl (C=O) groups excluding carboxylic acids is 2. The Bertz CT molecular complexity index is 2430. The molecular formula is C43H36N4O8. The van der Waals surface area contributed by atoms with Crippen LogP contribution < -0.4 is 23.8 Å². The maximum atomic E-state index is 13.8. The van der Waals surface area contributed by atoms with E-state index in [1.165, 1.54) is 31.9 Å². The monoisotopic (exact) mass is 736 g/mol. The lowest BCUT2D eigenvalue weighted by molar-refractivity contribution is 0.0695. The summed E-state index contributed by atoms with van der Waals surface area (Å²) in [6.07, 6.45) is 11.0. The second-order valence-electron chi connectivity index (χ2n) is 14.0. The van der Waals surface area contributed by atoms with E-state index < -0.39 is 5.97 Å². The Kier molecular flexibility index (Phi) is 8.44. The molecule has 276 valence electrons.